The molecule has 0 saturated heterocycles. The zero-order valence-corrected chi connectivity index (χ0v) is 19.6. The van der Waals surface area contributed by atoms with Crippen molar-refractivity contribution in [1.82, 2.24) is 0 Å². The summed E-state index contributed by atoms with van der Waals surface area (Å²) < 4.78 is 0. The number of benzene rings is 5. The first-order chi connectivity index (χ1) is 16.2. The predicted octanol–water partition coefficient (Wildman–Crippen LogP) is 6.04. The summed E-state index contributed by atoms with van der Waals surface area (Å²) >= 11 is 0. The lowest BCUT2D eigenvalue weighted by molar-refractivity contribution is -0.267. The second-order valence-corrected chi connectivity index (χ2v) is 11.4. The van der Waals surface area contributed by atoms with Gasteiger partial charge in [0, 0.05) is 0 Å². The fourth-order valence-corrected chi connectivity index (χ4v) is 7.15. The monoisotopic (exact) mass is 446 g/mol. The second-order valence-electron chi connectivity index (χ2n) is 7.88. The molecule has 0 spiro atoms. The van der Waals surface area contributed by atoms with Crippen molar-refractivity contribution in [2.75, 3.05) is 6.66 Å². The highest BCUT2D eigenvalue weighted by Gasteiger charge is 2.39. The molecule has 5 aromatic rings. The van der Waals surface area contributed by atoms with Crippen molar-refractivity contribution in [2.45, 2.75) is 0 Å². The normalized spacial score (nSPS) is 10.7. The van der Waals surface area contributed by atoms with Crippen LogP contribution in [-0.2, 0) is 0 Å². The van der Waals surface area contributed by atoms with Crippen LogP contribution in [0.2, 0.25) is 0 Å². The summed E-state index contributed by atoms with van der Waals surface area (Å²) in [6, 6.07) is 49.4. The Balaban J connectivity index is 0.000000172. The van der Waals surface area contributed by atoms with E-state index in [0.717, 1.165) is 11.1 Å². The van der Waals surface area contributed by atoms with Gasteiger partial charge in [0.15, 0.2) is 0 Å². The molecule has 5 rings (SSSR count). The van der Waals surface area contributed by atoms with Crippen molar-refractivity contribution in [3.63, 3.8) is 0 Å². The lowest BCUT2D eigenvalue weighted by Crippen LogP contribution is -2.30. The summed E-state index contributed by atoms with van der Waals surface area (Å²) in [6.45, 7) is 2.41. The van der Waals surface area contributed by atoms with Gasteiger partial charge in [0.05, 0.1) is 6.66 Å². The van der Waals surface area contributed by atoms with Crippen LogP contribution in [0.25, 0.3) is 11.1 Å². The second kappa shape index (κ2) is 10.8. The zero-order valence-electron chi connectivity index (χ0n) is 18.7. The fourth-order valence-electron chi connectivity index (χ4n) is 3.95. The first-order valence-corrected chi connectivity index (χ1v) is 13.3. The predicted molar refractivity (Wildman–Crippen MR) is 142 cm³/mol. The third-order valence-corrected chi connectivity index (χ3v) is 9.78. The van der Waals surface area contributed by atoms with E-state index in [4.69, 9.17) is 0 Å². The van der Waals surface area contributed by atoms with Crippen molar-refractivity contribution >= 4 is 23.2 Å². The molecular weight excluding hydrogens is 419 g/mol. The Hall–Kier alpha value is -3.67. The molecule has 0 saturated carbocycles. The van der Waals surface area contributed by atoms with E-state index in [1.165, 1.54) is 15.9 Å². The largest absolute Gasteiger partial charge is 0.872 e. The van der Waals surface area contributed by atoms with Gasteiger partial charge in [-0.3, -0.25) is 0 Å². The van der Waals surface area contributed by atoms with Gasteiger partial charge in [-0.1, -0.05) is 109 Å². The van der Waals surface area contributed by atoms with Gasteiger partial charge < -0.3 is 5.11 Å². The van der Waals surface area contributed by atoms with Gasteiger partial charge in [0.2, 0.25) is 0 Å². The van der Waals surface area contributed by atoms with Crippen molar-refractivity contribution in [3.8, 4) is 16.9 Å². The summed E-state index contributed by atoms with van der Waals surface area (Å²) in [5.74, 6) is 0.0775. The van der Waals surface area contributed by atoms with Crippen molar-refractivity contribution in [3.05, 3.63) is 146 Å². The van der Waals surface area contributed by atoms with Crippen LogP contribution in [0, 0.1) is 0 Å². The molecule has 0 amide bonds. The van der Waals surface area contributed by atoms with Gasteiger partial charge in [-0.05, 0) is 47.5 Å². The minimum atomic E-state index is -1.53. The molecule has 0 bridgehead atoms. The fraction of sp³-hybridized carbons (Fsp3) is 0.0323. The molecule has 0 unspecified atom stereocenters. The number of rotatable bonds is 4. The van der Waals surface area contributed by atoms with Gasteiger partial charge in [-0.2, -0.15) is 0 Å². The molecule has 2 heteroatoms. The van der Waals surface area contributed by atoms with Crippen LogP contribution < -0.4 is 21.0 Å². The van der Waals surface area contributed by atoms with E-state index >= 15 is 0 Å². The highest BCUT2D eigenvalue weighted by molar-refractivity contribution is 7.95. The minimum Gasteiger partial charge on any atom is -0.872 e. The number of para-hydroxylation sites is 1. The summed E-state index contributed by atoms with van der Waals surface area (Å²) in [4.78, 5) is 0. The molecule has 0 N–H and O–H groups in total. The number of hydrogen-bond donors (Lipinski definition) is 0. The molecule has 5 aromatic carbocycles. The first-order valence-electron chi connectivity index (χ1n) is 11.0. The third kappa shape index (κ3) is 5.22. The maximum atomic E-state index is 11.4. The molecule has 0 atom stereocenters. The maximum absolute atomic E-state index is 11.4. The van der Waals surface area contributed by atoms with Crippen LogP contribution in [-0.4, -0.2) is 6.66 Å². The Morgan fingerprint density at radius 2 is 0.758 bits per heavy atom. The van der Waals surface area contributed by atoms with Gasteiger partial charge in [-0.25, -0.2) is 0 Å². The topological polar surface area (TPSA) is 23.1 Å². The van der Waals surface area contributed by atoms with Crippen LogP contribution >= 0.6 is 7.26 Å². The van der Waals surface area contributed by atoms with E-state index in [1.54, 1.807) is 12.1 Å². The Kier molecular flexibility index (Phi) is 7.35. The molecule has 162 valence electrons. The highest BCUT2D eigenvalue weighted by Crippen LogP contribution is 2.51. The molecule has 0 aromatic heterocycles. The average molecular weight is 447 g/mol. The third-order valence-electron chi connectivity index (χ3n) is 5.79. The van der Waals surface area contributed by atoms with Crippen LogP contribution in [0.3, 0.4) is 0 Å². The van der Waals surface area contributed by atoms with Crippen molar-refractivity contribution < 1.29 is 5.11 Å². The molecule has 0 heterocycles. The average Bonchev–Trinajstić information content (AvgIpc) is 2.91. The van der Waals surface area contributed by atoms with E-state index in [2.05, 4.69) is 97.7 Å². The quantitative estimate of drug-likeness (QED) is 0.309. The summed E-state index contributed by atoms with van der Waals surface area (Å²) in [5.41, 5.74) is 1.75. The molecule has 33 heavy (non-hydrogen) atoms. The van der Waals surface area contributed by atoms with Crippen LogP contribution in [0.1, 0.15) is 0 Å². The van der Waals surface area contributed by atoms with Gasteiger partial charge in [0.1, 0.15) is 23.2 Å². The highest BCUT2D eigenvalue weighted by atomic mass is 31.2. The van der Waals surface area contributed by atoms with E-state index in [9.17, 15) is 5.11 Å². The standard InChI is InChI=1S/C19H18P.C12H10O/c1-20(17-11-5-2-6-12-17,18-13-7-3-8-14-18)19-15-9-4-10-16-19;13-12-9-5-4-8-11(12)10-6-2-1-3-7-10/h2-16H,1H3;1-9,13H/q+1;/p-1. The smallest absolute Gasteiger partial charge is 0.109 e. The molecular formula is C31H27OP. The molecule has 0 aliphatic carbocycles. The SMILES string of the molecule is C[P+](c1ccccc1)(c1ccccc1)c1ccccc1.[O-]c1ccccc1-c1ccccc1. The van der Waals surface area contributed by atoms with Gasteiger partial charge >= 0.3 is 0 Å². The van der Waals surface area contributed by atoms with Gasteiger partial charge in [-0.15, -0.1) is 5.75 Å². The van der Waals surface area contributed by atoms with Crippen molar-refractivity contribution in [2.24, 2.45) is 0 Å². The van der Waals surface area contributed by atoms with Crippen LogP contribution in [0.5, 0.6) is 5.75 Å². The Bertz CT molecular complexity index is 1160. The Morgan fingerprint density at radius 1 is 0.424 bits per heavy atom. The van der Waals surface area contributed by atoms with E-state index in [0.29, 0.717) is 0 Å². The molecule has 0 aliphatic rings. The maximum Gasteiger partial charge on any atom is 0.109 e. The summed E-state index contributed by atoms with van der Waals surface area (Å²) in [6.07, 6.45) is 0. The van der Waals surface area contributed by atoms with Crippen molar-refractivity contribution in [1.29, 1.82) is 0 Å². The van der Waals surface area contributed by atoms with E-state index in [-0.39, 0.29) is 5.75 Å². The van der Waals surface area contributed by atoms with Crippen LogP contribution in [0.4, 0.5) is 0 Å². The lowest BCUT2D eigenvalue weighted by atomic mass is 10.1. The summed E-state index contributed by atoms with van der Waals surface area (Å²) in [7, 11) is -1.53. The van der Waals surface area contributed by atoms with Gasteiger partial charge in [0.25, 0.3) is 0 Å². The van der Waals surface area contributed by atoms with Crippen LogP contribution in [0.15, 0.2) is 146 Å². The molecule has 1 nitrogen and oxygen atoms in total. The minimum absolute atomic E-state index is 0.0775. The summed E-state index contributed by atoms with van der Waals surface area (Å²) in [5, 5.41) is 15.7. The molecule has 0 aliphatic heterocycles. The molecule has 0 fully saturated rings. The molecule has 0 radical (unpaired) electrons. The van der Waals surface area contributed by atoms with E-state index < -0.39 is 7.26 Å². The van der Waals surface area contributed by atoms with E-state index in [1.807, 2.05) is 42.5 Å². The first kappa shape index (κ1) is 22.5. The Labute approximate surface area is 197 Å². The zero-order chi connectivity index (χ0) is 22.9. The number of hydrogen-bond acceptors (Lipinski definition) is 1. The Morgan fingerprint density at radius 3 is 1.15 bits per heavy atom. The lowest BCUT2D eigenvalue weighted by Gasteiger charge is -2.22.